The van der Waals surface area contributed by atoms with Crippen LogP contribution in [0.4, 0.5) is 0 Å². The number of ether oxygens (including phenoxy) is 3. The molecule has 1 fully saturated rings. The van der Waals surface area contributed by atoms with Gasteiger partial charge in [-0.15, -0.1) is 0 Å². The van der Waals surface area contributed by atoms with Crippen LogP contribution in [0.1, 0.15) is 47.9 Å². The molecule has 1 saturated heterocycles. The van der Waals surface area contributed by atoms with Crippen LogP contribution in [0.3, 0.4) is 0 Å². The second kappa shape index (κ2) is 8.30. The second-order valence-corrected chi connectivity index (χ2v) is 6.07. The van der Waals surface area contributed by atoms with E-state index in [0.29, 0.717) is 18.3 Å². The molecule has 7 heteroatoms. The summed E-state index contributed by atoms with van der Waals surface area (Å²) < 4.78 is 18.1. The summed E-state index contributed by atoms with van der Waals surface area (Å²) in [4.78, 5) is 20.9. The van der Waals surface area contributed by atoms with Gasteiger partial charge in [-0.2, -0.15) is 4.98 Å². The molecule has 26 heavy (non-hydrogen) atoms. The number of rotatable bonds is 5. The normalized spacial score (nSPS) is 17.0. The Labute approximate surface area is 152 Å². The highest BCUT2D eigenvalue weighted by Gasteiger charge is 2.16. The van der Waals surface area contributed by atoms with Crippen molar-refractivity contribution in [3.8, 4) is 17.7 Å². The van der Waals surface area contributed by atoms with Gasteiger partial charge in [0.1, 0.15) is 12.3 Å². The number of fused-ring (bicyclic) bond motifs is 1. The van der Waals surface area contributed by atoms with Crippen molar-refractivity contribution in [3.05, 3.63) is 23.1 Å². The number of carbonyl (C=O) groups excluding carboxylic acids is 1. The maximum atomic E-state index is 12.3. The zero-order valence-corrected chi connectivity index (χ0v) is 15.4. The van der Waals surface area contributed by atoms with Crippen molar-refractivity contribution in [3.63, 3.8) is 0 Å². The fourth-order valence-corrected chi connectivity index (χ4v) is 3.00. The second-order valence-electron chi connectivity index (χ2n) is 6.07. The Balaban J connectivity index is 1.72. The van der Waals surface area contributed by atoms with Crippen LogP contribution in [0.25, 0.3) is 5.78 Å². The van der Waals surface area contributed by atoms with Crippen LogP contribution in [0.5, 0.6) is 5.88 Å². The molecular weight excluding hydrogens is 334 g/mol. The molecule has 0 aliphatic carbocycles. The van der Waals surface area contributed by atoms with E-state index in [4.69, 9.17) is 14.2 Å². The van der Waals surface area contributed by atoms with Crippen molar-refractivity contribution in [1.29, 1.82) is 0 Å². The molecule has 2 aromatic heterocycles. The van der Waals surface area contributed by atoms with Crippen LogP contribution >= 0.6 is 0 Å². The predicted molar refractivity (Wildman–Crippen MR) is 95.3 cm³/mol. The highest BCUT2D eigenvalue weighted by molar-refractivity contribution is 6.07. The van der Waals surface area contributed by atoms with Crippen molar-refractivity contribution in [2.45, 2.75) is 45.8 Å². The van der Waals surface area contributed by atoms with Crippen LogP contribution < -0.4 is 4.74 Å². The molecule has 0 N–H and O–H groups in total. The smallest absolute Gasteiger partial charge is 0.255 e. The Morgan fingerprint density at radius 1 is 1.42 bits per heavy atom. The summed E-state index contributed by atoms with van der Waals surface area (Å²) in [6, 6.07) is 0. The van der Waals surface area contributed by atoms with Gasteiger partial charge >= 0.3 is 0 Å². The molecule has 1 aliphatic heterocycles. The first-order valence-corrected chi connectivity index (χ1v) is 8.83. The van der Waals surface area contributed by atoms with Gasteiger partial charge in [0.15, 0.2) is 6.29 Å². The largest absolute Gasteiger partial charge is 0.481 e. The lowest BCUT2D eigenvalue weighted by atomic mass is 10.2. The summed E-state index contributed by atoms with van der Waals surface area (Å²) in [5.41, 5.74) is 2.20. The van der Waals surface area contributed by atoms with E-state index in [1.807, 2.05) is 13.8 Å². The van der Waals surface area contributed by atoms with Crippen LogP contribution in [-0.4, -0.2) is 46.8 Å². The summed E-state index contributed by atoms with van der Waals surface area (Å²) in [6.07, 6.45) is 5.26. The number of aryl methyl sites for hydroxylation is 1. The number of ketones is 1. The number of hydrogen-bond donors (Lipinski definition) is 0. The molecule has 1 aliphatic rings. The van der Waals surface area contributed by atoms with E-state index >= 15 is 0 Å². The predicted octanol–water partition coefficient (Wildman–Crippen LogP) is 2.34. The number of aromatic nitrogens is 3. The van der Waals surface area contributed by atoms with E-state index in [1.165, 1.54) is 0 Å². The standard InChI is InChI=1S/C19H23N3O4/c1-4-14-13(2)22-12-15(20-19(22)21-18(14)24-3)16(23)8-7-11-26-17-9-5-6-10-25-17/h12,17H,4-6,9-11H2,1-3H3. The van der Waals surface area contributed by atoms with Crippen molar-refractivity contribution in [1.82, 2.24) is 14.4 Å². The van der Waals surface area contributed by atoms with Crippen molar-refractivity contribution < 1.29 is 19.0 Å². The van der Waals surface area contributed by atoms with Crippen molar-refractivity contribution >= 4 is 11.6 Å². The first-order valence-electron chi connectivity index (χ1n) is 8.83. The first-order chi connectivity index (χ1) is 12.6. The Morgan fingerprint density at radius 3 is 2.96 bits per heavy atom. The Kier molecular flexibility index (Phi) is 5.86. The van der Waals surface area contributed by atoms with Crippen molar-refractivity contribution in [2.24, 2.45) is 0 Å². The quantitative estimate of drug-likeness (QED) is 0.464. The third-order valence-corrected chi connectivity index (χ3v) is 4.41. The fourth-order valence-electron chi connectivity index (χ4n) is 3.00. The molecule has 138 valence electrons. The number of hydrogen-bond acceptors (Lipinski definition) is 6. The van der Waals surface area contributed by atoms with Crippen LogP contribution in [0.2, 0.25) is 0 Å². The highest BCUT2D eigenvalue weighted by Crippen LogP contribution is 2.22. The lowest BCUT2D eigenvalue weighted by Crippen LogP contribution is -2.22. The van der Waals surface area contributed by atoms with Gasteiger partial charge in [-0.25, -0.2) is 4.98 Å². The lowest BCUT2D eigenvalue weighted by molar-refractivity contribution is -0.154. The Bertz CT molecular complexity index is 857. The molecule has 0 bridgehead atoms. The van der Waals surface area contributed by atoms with E-state index in [-0.39, 0.29) is 24.4 Å². The number of imidazole rings is 1. The summed E-state index contributed by atoms with van der Waals surface area (Å²) in [5.74, 6) is 5.91. The molecule has 1 unspecified atom stereocenters. The van der Waals surface area contributed by atoms with E-state index < -0.39 is 0 Å². The molecule has 0 radical (unpaired) electrons. The third-order valence-electron chi connectivity index (χ3n) is 4.41. The number of nitrogens with zero attached hydrogens (tertiary/aromatic N) is 3. The monoisotopic (exact) mass is 357 g/mol. The maximum absolute atomic E-state index is 12.3. The molecule has 3 rings (SSSR count). The molecule has 0 spiro atoms. The molecule has 2 aromatic rings. The molecule has 1 atom stereocenters. The van der Waals surface area contributed by atoms with Gasteiger partial charge in [0.25, 0.3) is 5.78 Å². The maximum Gasteiger partial charge on any atom is 0.255 e. The minimum atomic E-state index is -0.361. The zero-order chi connectivity index (χ0) is 18.5. The summed E-state index contributed by atoms with van der Waals surface area (Å²) in [5, 5.41) is 0. The van der Waals surface area contributed by atoms with E-state index in [0.717, 1.165) is 36.9 Å². The highest BCUT2D eigenvalue weighted by atomic mass is 16.7. The first kappa shape index (κ1) is 18.4. The van der Waals surface area contributed by atoms with Gasteiger partial charge < -0.3 is 14.2 Å². The van der Waals surface area contributed by atoms with Gasteiger partial charge in [-0.3, -0.25) is 9.20 Å². The van der Waals surface area contributed by atoms with Gasteiger partial charge in [0, 0.05) is 24.1 Å². The molecule has 3 heterocycles. The lowest BCUT2D eigenvalue weighted by Gasteiger charge is -2.21. The SMILES string of the molecule is CCc1c(OC)nc2nc(C(=O)C#CCOC3CCCCO3)cn2c1C. The average Bonchev–Trinajstić information content (AvgIpc) is 3.10. The number of Topliss-reactive ketones (excluding diaryl/α,β-unsaturated/α-hetero) is 1. The minimum Gasteiger partial charge on any atom is -0.481 e. The summed E-state index contributed by atoms with van der Waals surface area (Å²) in [6.45, 7) is 4.86. The summed E-state index contributed by atoms with van der Waals surface area (Å²) >= 11 is 0. The third kappa shape index (κ3) is 3.87. The van der Waals surface area contributed by atoms with Gasteiger partial charge in [-0.05, 0) is 38.5 Å². The van der Waals surface area contributed by atoms with Crippen molar-refractivity contribution in [2.75, 3.05) is 20.3 Å². The molecule has 0 aromatic carbocycles. The summed E-state index contributed by atoms with van der Waals surface area (Å²) in [7, 11) is 1.58. The topological polar surface area (TPSA) is 75.0 Å². The van der Waals surface area contributed by atoms with Gasteiger partial charge in [0.05, 0.1) is 7.11 Å². The number of carbonyl (C=O) groups is 1. The van der Waals surface area contributed by atoms with Gasteiger partial charge in [-0.1, -0.05) is 12.8 Å². The molecular formula is C19H23N3O4. The molecule has 0 saturated carbocycles. The Hall–Kier alpha value is -2.43. The molecule has 7 nitrogen and oxygen atoms in total. The van der Waals surface area contributed by atoms with Gasteiger partial charge in [0.2, 0.25) is 11.7 Å². The van der Waals surface area contributed by atoms with E-state index in [2.05, 4.69) is 21.8 Å². The van der Waals surface area contributed by atoms with Crippen LogP contribution in [0, 0.1) is 18.8 Å². The van der Waals surface area contributed by atoms with Crippen LogP contribution in [0.15, 0.2) is 6.20 Å². The average molecular weight is 357 g/mol. The van der Waals surface area contributed by atoms with E-state index in [9.17, 15) is 4.79 Å². The van der Waals surface area contributed by atoms with Crippen LogP contribution in [-0.2, 0) is 15.9 Å². The minimum absolute atomic E-state index is 0.162. The molecule has 0 amide bonds. The fraction of sp³-hybridized carbons (Fsp3) is 0.526. The number of methoxy groups -OCH3 is 1. The van der Waals surface area contributed by atoms with E-state index in [1.54, 1.807) is 17.7 Å². The Morgan fingerprint density at radius 2 is 2.27 bits per heavy atom. The zero-order valence-electron chi connectivity index (χ0n) is 15.4.